The second-order valence-corrected chi connectivity index (χ2v) is 6.59. The minimum atomic E-state index is -0.841. The number of anilines is 1. The molecule has 1 aliphatic heterocycles. The molecule has 2 aromatic rings. The van der Waals surface area contributed by atoms with Gasteiger partial charge in [0.05, 0.1) is 11.5 Å². The van der Waals surface area contributed by atoms with Gasteiger partial charge in [-0.25, -0.2) is 9.37 Å². The average Bonchev–Trinajstić information content (AvgIpc) is 2.55. The summed E-state index contributed by atoms with van der Waals surface area (Å²) in [7, 11) is 0. The first-order valence-corrected chi connectivity index (χ1v) is 8.72. The van der Waals surface area contributed by atoms with E-state index in [9.17, 15) is 9.65 Å². The van der Waals surface area contributed by atoms with Crippen molar-refractivity contribution in [2.24, 2.45) is 5.73 Å². The highest BCUT2D eigenvalue weighted by Gasteiger charge is 2.36. The fourth-order valence-corrected chi connectivity index (χ4v) is 3.24. The lowest BCUT2D eigenvalue weighted by Gasteiger charge is -2.26. The van der Waals surface area contributed by atoms with Crippen molar-refractivity contribution < 1.29 is 9.13 Å². The van der Waals surface area contributed by atoms with E-state index < -0.39 is 11.7 Å². The molecule has 6 nitrogen and oxygen atoms in total. The summed E-state index contributed by atoms with van der Waals surface area (Å²) in [4.78, 5) is 8.40. The summed E-state index contributed by atoms with van der Waals surface area (Å²) in [5.74, 6) is -1.21. The molecule has 0 saturated heterocycles. The molecule has 0 amide bonds. The highest BCUT2D eigenvalue weighted by atomic mass is 79.9. The average molecular weight is 408 g/mol. The van der Waals surface area contributed by atoms with Crippen LogP contribution < -0.4 is 16.2 Å². The van der Waals surface area contributed by atoms with Crippen molar-refractivity contribution in [1.82, 2.24) is 9.97 Å². The van der Waals surface area contributed by atoms with Crippen LogP contribution in [0.4, 0.5) is 10.2 Å². The summed E-state index contributed by atoms with van der Waals surface area (Å²) < 4.78 is 20.5. The smallest absolute Gasteiger partial charge is 0.231 e. The van der Waals surface area contributed by atoms with Crippen molar-refractivity contribution in [1.29, 1.82) is 5.26 Å². The third kappa shape index (κ3) is 2.68. The van der Waals surface area contributed by atoms with Crippen LogP contribution in [0.15, 0.2) is 39.3 Å². The van der Waals surface area contributed by atoms with Gasteiger partial charge in [-0.1, -0.05) is 27.7 Å². The second kappa shape index (κ2) is 6.30. The number of nitrogens with zero attached hydrogens (tertiary/aromatic N) is 3. The zero-order chi connectivity index (χ0) is 17.4. The predicted octanol–water partition coefficient (Wildman–Crippen LogP) is 2.90. The summed E-state index contributed by atoms with van der Waals surface area (Å²) in [5.41, 5.74) is 12.5. The van der Waals surface area contributed by atoms with Gasteiger partial charge < -0.3 is 16.2 Å². The number of hydrogen-bond acceptors (Lipinski definition) is 7. The van der Waals surface area contributed by atoms with Crippen LogP contribution in [0.5, 0.6) is 5.88 Å². The predicted molar refractivity (Wildman–Crippen MR) is 91.6 cm³/mol. The molecule has 1 atom stereocenters. The largest absolute Gasteiger partial charge is 0.422 e. The summed E-state index contributed by atoms with van der Waals surface area (Å²) in [6.07, 6.45) is 1.79. The van der Waals surface area contributed by atoms with E-state index in [1.807, 2.05) is 6.07 Å². The lowest BCUT2D eigenvalue weighted by molar-refractivity contribution is 0.372. The van der Waals surface area contributed by atoms with E-state index in [2.05, 4.69) is 25.9 Å². The molecule has 9 heteroatoms. The van der Waals surface area contributed by atoms with Crippen molar-refractivity contribution in [3.63, 3.8) is 0 Å². The molecule has 1 aromatic heterocycles. The molecule has 24 heavy (non-hydrogen) atoms. The molecule has 0 spiro atoms. The van der Waals surface area contributed by atoms with Gasteiger partial charge in [0.1, 0.15) is 23.3 Å². The topological polar surface area (TPSA) is 111 Å². The summed E-state index contributed by atoms with van der Waals surface area (Å²) >= 11 is 4.59. The second-order valence-electron chi connectivity index (χ2n) is 4.91. The number of nitrogen functional groups attached to an aromatic ring is 1. The Bertz CT molecular complexity index is 911. The van der Waals surface area contributed by atoms with Crippen LogP contribution in [0.25, 0.3) is 0 Å². The Hall–Kier alpha value is -2.31. The number of thioether (sulfide) groups is 1. The van der Waals surface area contributed by atoms with Crippen molar-refractivity contribution in [3.05, 3.63) is 51.1 Å². The SMILES string of the molecule is CSc1nc(N)c2c(n1)OC(N)=C(C#N)[C@@H]2c1cc(Br)ccc1F. The number of benzene rings is 1. The molecular weight excluding hydrogens is 397 g/mol. The number of halogens is 2. The highest BCUT2D eigenvalue weighted by Crippen LogP contribution is 2.45. The number of aromatic nitrogens is 2. The van der Waals surface area contributed by atoms with Crippen molar-refractivity contribution in [2.75, 3.05) is 12.0 Å². The third-order valence-electron chi connectivity index (χ3n) is 3.54. The van der Waals surface area contributed by atoms with E-state index in [-0.39, 0.29) is 28.7 Å². The number of ether oxygens (including phenoxy) is 1. The Balaban J connectivity index is 2.32. The van der Waals surface area contributed by atoms with E-state index in [1.165, 1.54) is 17.8 Å². The maximum Gasteiger partial charge on any atom is 0.231 e. The first-order valence-electron chi connectivity index (χ1n) is 6.70. The molecule has 0 radical (unpaired) electrons. The molecule has 0 bridgehead atoms. The van der Waals surface area contributed by atoms with Gasteiger partial charge >= 0.3 is 0 Å². The van der Waals surface area contributed by atoms with Crippen LogP contribution in [-0.2, 0) is 0 Å². The zero-order valence-corrected chi connectivity index (χ0v) is 14.8. The molecule has 0 saturated carbocycles. The van der Waals surface area contributed by atoms with E-state index in [0.717, 1.165) is 0 Å². The molecule has 3 rings (SSSR count). The van der Waals surface area contributed by atoms with Crippen molar-refractivity contribution in [2.45, 2.75) is 11.1 Å². The van der Waals surface area contributed by atoms with Gasteiger partial charge in [-0.2, -0.15) is 10.2 Å². The van der Waals surface area contributed by atoms with E-state index in [0.29, 0.717) is 15.2 Å². The Morgan fingerprint density at radius 3 is 2.79 bits per heavy atom. The Kier molecular flexibility index (Phi) is 4.34. The molecule has 2 heterocycles. The van der Waals surface area contributed by atoms with Gasteiger partial charge in [0.2, 0.25) is 11.8 Å². The van der Waals surface area contributed by atoms with Gasteiger partial charge in [-0.05, 0) is 24.5 Å². The Labute approximate surface area is 149 Å². The van der Waals surface area contributed by atoms with Crippen LogP contribution in [-0.4, -0.2) is 16.2 Å². The fourth-order valence-electron chi connectivity index (χ4n) is 2.50. The van der Waals surface area contributed by atoms with Crippen LogP contribution in [0.3, 0.4) is 0 Å². The first kappa shape index (κ1) is 16.5. The van der Waals surface area contributed by atoms with Crippen molar-refractivity contribution in [3.8, 4) is 11.9 Å². The van der Waals surface area contributed by atoms with Crippen LogP contribution in [0.2, 0.25) is 0 Å². The molecule has 0 aliphatic carbocycles. The summed E-state index contributed by atoms with van der Waals surface area (Å²) in [6, 6.07) is 6.41. The maximum atomic E-state index is 14.4. The Morgan fingerprint density at radius 1 is 1.38 bits per heavy atom. The number of rotatable bonds is 2. The minimum Gasteiger partial charge on any atom is -0.422 e. The monoisotopic (exact) mass is 407 g/mol. The van der Waals surface area contributed by atoms with Gasteiger partial charge in [0, 0.05) is 10.0 Å². The zero-order valence-electron chi connectivity index (χ0n) is 12.4. The van der Waals surface area contributed by atoms with Crippen LogP contribution in [0.1, 0.15) is 17.0 Å². The molecule has 1 aromatic carbocycles. The molecule has 0 fully saturated rings. The summed E-state index contributed by atoms with van der Waals surface area (Å²) in [5, 5.41) is 9.88. The number of nitriles is 1. The van der Waals surface area contributed by atoms with E-state index >= 15 is 0 Å². The van der Waals surface area contributed by atoms with Crippen LogP contribution >= 0.6 is 27.7 Å². The highest BCUT2D eigenvalue weighted by molar-refractivity contribution is 9.10. The third-order valence-corrected chi connectivity index (χ3v) is 4.58. The first-order chi connectivity index (χ1) is 11.5. The lowest BCUT2D eigenvalue weighted by Crippen LogP contribution is -2.24. The molecule has 1 aliphatic rings. The van der Waals surface area contributed by atoms with Gasteiger partial charge in [-0.15, -0.1) is 0 Å². The molecular formula is C15H11BrFN5OS. The normalized spacial score (nSPS) is 16.3. The summed E-state index contributed by atoms with van der Waals surface area (Å²) in [6.45, 7) is 0. The maximum absolute atomic E-state index is 14.4. The lowest BCUT2D eigenvalue weighted by atomic mass is 9.84. The quantitative estimate of drug-likeness (QED) is 0.581. The molecule has 4 N–H and O–H groups in total. The van der Waals surface area contributed by atoms with Crippen molar-refractivity contribution >= 4 is 33.5 Å². The van der Waals surface area contributed by atoms with Gasteiger partial charge in [0.15, 0.2) is 5.16 Å². The number of allylic oxidation sites excluding steroid dienone is 1. The minimum absolute atomic E-state index is 0.0618. The Morgan fingerprint density at radius 2 is 2.12 bits per heavy atom. The number of fused-ring (bicyclic) bond motifs is 1. The standard InChI is InChI=1S/C15H11BrFN5OS/c1-24-15-21-12(19)11-10(7-4-6(16)2-3-9(7)17)8(5-18)13(20)23-14(11)22-15/h2-4,10H,20H2,1H3,(H2,19,21,22)/t10-/m0/s1. The number of nitrogens with two attached hydrogens (primary N) is 2. The van der Waals surface area contributed by atoms with E-state index in [1.54, 1.807) is 18.4 Å². The molecule has 0 unspecified atom stereocenters. The fraction of sp³-hybridized carbons (Fsp3) is 0.133. The van der Waals surface area contributed by atoms with Gasteiger partial charge in [0.25, 0.3) is 0 Å². The van der Waals surface area contributed by atoms with Gasteiger partial charge in [-0.3, -0.25) is 0 Å². The van der Waals surface area contributed by atoms with E-state index in [4.69, 9.17) is 16.2 Å². The number of hydrogen-bond donors (Lipinski definition) is 2. The van der Waals surface area contributed by atoms with Crippen LogP contribution in [0, 0.1) is 17.1 Å². The molecule has 122 valence electrons.